The van der Waals surface area contributed by atoms with E-state index in [-0.39, 0.29) is 0 Å². The highest BCUT2D eigenvalue weighted by Gasteiger charge is 2.20. The van der Waals surface area contributed by atoms with Crippen LogP contribution in [-0.2, 0) is 24.4 Å². The Morgan fingerprint density at radius 1 is 0.906 bits per heavy atom. The number of hydrogen-bond donors (Lipinski definition) is 2. The third kappa shape index (κ3) is 6.32. The van der Waals surface area contributed by atoms with E-state index in [1.165, 1.54) is 46.6 Å². The fourth-order valence-electron chi connectivity index (χ4n) is 4.79. The molecule has 1 aliphatic rings. The van der Waals surface area contributed by atoms with Crippen LogP contribution in [0.25, 0.3) is 0 Å². The first kappa shape index (κ1) is 22.8. The van der Waals surface area contributed by atoms with E-state index < -0.39 is 0 Å². The molecule has 32 heavy (non-hydrogen) atoms. The van der Waals surface area contributed by atoms with Crippen LogP contribution in [-0.4, -0.2) is 44.0 Å². The summed E-state index contributed by atoms with van der Waals surface area (Å²) in [6.07, 6.45) is 2.24. The largest absolute Gasteiger partial charge is 0.370 e. The number of benzene rings is 2. The van der Waals surface area contributed by atoms with Gasteiger partial charge in [-0.3, -0.25) is 0 Å². The molecule has 0 spiro atoms. The van der Waals surface area contributed by atoms with Crippen molar-refractivity contribution in [1.29, 1.82) is 0 Å². The van der Waals surface area contributed by atoms with Crippen molar-refractivity contribution in [2.75, 3.05) is 39.4 Å². The second-order valence-corrected chi connectivity index (χ2v) is 9.51. The summed E-state index contributed by atoms with van der Waals surface area (Å²) in [5.41, 5.74) is 8.36. The Labute approximate surface area is 193 Å². The zero-order chi connectivity index (χ0) is 22.3. The second kappa shape index (κ2) is 11.0. The lowest BCUT2D eigenvalue weighted by Gasteiger charge is -2.27. The summed E-state index contributed by atoms with van der Waals surface area (Å²) in [6.45, 7) is 16.2. The van der Waals surface area contributed by atoms with Gasteiger partial charge in [0, 0.05) is 18.3 Å². The number of rotatable bonds is 9. The van der Waals surface area contributed by atoms with Gasteiger partial charge in [-0.05, 0) is 44.0 Å². The average Bonchev–Trinajstić information content (AvgIpc) is 3.21. The second-order valence-electron chi connectivity index (χ2n) is 9.51. The van der Waals surface area contributed by atoms with Gasteiger partial charge in [0.25, 0.3) is 0 Å². The monoisotopic (exact) mass is 433 g/mol. The minimum absolute atomic E-state index is 0.904. The van der Waals surface area contributed by atoms with Crippen molar-refractivity contribution in [2.24, 2.45) is 0 Å². The van der Waals surface area contributed by atoms with E-state index in [0.29, 0.717) is 0 Å². The summed E-state index contributed by atoms with van der Waals surface area (Å²) < 4.78 is 8.00. The standard InChI is InChI=1S/C28H37N3O/c1-23-6-4-7-26(18-23)20-31-11-5-8-28(31)22-30(13-12-29-14-16-32-17-15-29)21-27-19-24(2)9-10-25(27)3/h4-11,18-19H,12-17,20-22H2,1-3H3/p+2. The molecule has 2 heterocycles. The van der Waals surface area contributed by atoms with Gasteiger partial charge in [0.05, 0.1) is 18.9 Å². The predicted molar refractivity (Wildman–Crippen MR) is 130 cm³/mol. The molecule has 2 aromatic carbocycles. The number of hydrogen-bond acceptors (Lipinski definition) is 1. The molecule has 1 aromatic heterocycles. The fourth-order valence-corrected chi connectivity index (χ4v) is 4.79. The first-order valence-corrected chi connectivity index (χ1v) is 12.1. The molecule has 0 bridgehead atoms. The van der Waals surface area contributed by atoms with Gasteiger partial charge in [-0.25, -0.2) is 0 Å². The zero-order valence-corrected chi connectivity index (χ0v) is 20.0. The Morgan fingerprint density at radius 3 is 2.53 bits per heavy atom. The molecule has 3 aromatic rings. The van der Waals surface area contributed by atoms with Gasteiger partial charge in [0.15, 0.2) is 0 Å². The highest BCUT2D eigenvalue weighted by atomic mass is 16.5. The van der Waals surface area contributed by atoms with Crippen LogP contribution < -0.4 is 9.80 Å². The molecule has 1 aliphatic heterocycles. The van der Waals surface area contributed by atoms with Crippen molar-refractivity contribution in [1.82, 2.24) is 4.57 Å². The van der Waals surface area contributed by atoms with Crippen LogP contribution in [0.5, 0.6) is 0 Å². The number of morpholine rings is 1. The van der Waals surface area contributed by atoms with E-state index >= 15 is 0 Å². The van der Waals surface area contributed by atoms with Crippen molar-refractivity contribution >= 4 is 0 Å². The molecule has 170 valence electrons. The normalized spacial score (nSPS) is 15.7. The molecule has 0 radical (unpaired) electrons. The van der Waals surface area contributed by atoms with Crippen LogP contribution >= 0.6 is 0 Å². The van der Waals surface area contributed by atoms with Gasteiger partial charge in [-0.1, -0.05) is 53.6 Å². The fraction of sp³-hybridized carbons (Fsp3) is 0.429. The molecule has 0 amide bonds. The quantitative estimate of drug-likeness (QED) is 0.529. The first-order valence-electron chi connectivity index (χ1n) is 12.1. The van der Waals surface area contributed by atoms with E-state index in [1.54, 1.807) is 9.80 Å². The highest BCUT2D eigenvalue weighted by Crippen LogP contribution is 2.11. The van der Waals surface area contributed by atoms with Crippen LogP contribution in [0.1, 0.15) is 33.5 Å². The van der Waals surface area contributed by atoms with E-state index in [0.717, 1.165) is 45.9 Å². The maximum Gasteiger partial charge on any atom is 0.127 e. The zero-order valence-electron chi connectivity index (χ0n) is 20.0. The summed E-state index contributed by atoms with van der Waals surface area (Å²) in [4.78, 5) is 3.33. The topological polar surface area (TPSA) is 23.0 Å². The number of nitrogens with zero attached hydrogens (tertiary/aromatic N) is 1. The molecule has 1 atom stereocenters. The lowest BCUT2D eigenvalue weighted by molar-refractivity contribution is -0.975. The van der Waals surface area contributed by atoms with E-state index in [1.807, 2.05) is 0 Å². The Balaban J connectivity index is 1.49. The van der Waals surface area contributed by atoms with Crippen LogP contribution in [0.15, 0.2) is 60.8 Å². The Hall–Kier alpha value is -2.40. The van der Waals surface area contributed by atoms with Gasteiger partial charge in [0.2, 0.25) is 0 Å². The molecule has 0 saturated carbocycles. The van der Waals surface area contributed by atoms with Crippen molar-refractivity contribution in [3.8, 4) is 0 Å². The van der Waals surface area contributed by atoms with Crippen molar-refractivity contribution in [2.45, 2.75) is 40.4 Å². The molecule has 4 nitrogen and oxygen atoms in total. The van der Waals surface area contributed by atoms with Gasteiger partial charge >= 0.3 is 0 Å². The number of quaternary nitrogens is 2. The number of aryl methyl sites for hydroxylation is 3. The molecule has 1 fully saturated rings. The number of nitrogens with one attached hydrogen (secondary N) is 2. The lowest BCUT2D eigenvalue weighted by atomic mass is 10.1. The maximum atomic E-state index is 5.57. The SMILES string of the molecule is Cc1cccc(Cn2cccc2C[NH+](CC[NH+]2CCOCC2)Cc2cc(C)ccc2C)c1. The molecule has 2 N–H and O–H groups in total. The van der Waals surface area contributed by atoms with E-state index in [4.69, 9.17) is 4.74 Å². The number of ether oxygens (including phenoxy) is 1. The van der Waals surface area contributed by atoms with Crippen molar-refractivity contribution < 1.29 is 14.5 Å². The smallest absolute Gasteiger partial charge is 0.127 e. The maximum absolute atomic E-state index is 5.57. The van der Waals surface area contributed by atoms with Crippen molar-refractivity contribution in [3.63, 3.8) is 0 Å². The molecule has 0 aliphatic carbocycles. The third-order valence-corrected chi connectivity index (χ3v) is 6.77. The van der Waals surface area contributed by atoms with E-state index in [2.05, 4.69) is 86.1 Å². The molecular weight excluding hydrogens is 394 g/mol. The molecule has 1 unspecified atom stereocenters. The lowest BCUT2D eigenvalue weighted by Crippen LogP contribution is -3.20. The molecule has 4 heteroatoms. The highest BCUT2D eigenvalue weighted by molar-refractivity contribution is 5.29. The van der Waals surface area contributed by atoms with Crippen molar-refractivity contribution in [3.05, 3.63) is 94.3 Å². The van der Waals surface area contributed by atoms with Crippen LogP contribution in [0.2, 0.25) is 0 Å². The Bertz CT molecular complexity index is 1000. The molecule has 1 saturated heterocycles. The Kier molecular flexibility index (Phi) is 7.80. The Morgan fingerprint density at radius 2 is 1.72 bits per heavy atom. The summed E-state index contributed by atoms with van der Waals surface area (Å²) in [5, 5.41) is 0. The van der Waals surface area contributed by atoms with E-state index in [9.17, 15) is 0 Å². The van der Waals surface area contributed by atoms with Gasteiger partial charge in [-0.15, -0.1) is 0 Å². The van der Waals surface area contributed by atoms with Crippen LogP contribution in [0.3, 0.4) is 0 Å². The van der Waals surface area contributed by atoms with Gasteiger partial charge in [0.1, 0.15) is 39.3 Å². The minimum Gasteiger partial charge on any atom is -0.370 e. The molecular formula is C28H39N3O+2. The third-order valence-electron chi connectivity index (χ3n) is 6.77. The van der Waals surface area contributed by atoms with Gasteiger partial charge < -0.3 is 19.1 Å². The summed E-state index contributed by atoms with van der Waals surface area (Å²) in [6, 6.07) is 20.3. The van der Waals surface area contributed by atoms with Crippen LogP contribution in [0.4, 0.5) is 0 Å². The van der Waals surface area contributed by atoms with Crippen LogP contribution in [0, 0.1) is 20.8 Å². The predicted octanol–water partition coefficient (Wildman–Crippen LogP) is 1.96. The summed E-state index contributed by atoms with van der Waals surface area (Å²) in [7, 11) is 0. The van der Waals surface area contributed by atoms with Gasteiger partial charge in [-0.2, -0.15) is 0 Å². The summed E-state index contributed by atoms with van der Waals surface area (Å²) >= 11 is 0. The minimum atomic E-state index is 0.904. The summed E-state index contributed by atoms with van der Waals surface area (Å²) in [5.74, 6) is 0. The first-order chi connectivity index (χ1) is 15.6. The number of aromatic nitrogens is 1. The average molecular weight is 434 g/mol. The molecule has 4 rings (SSSR count).